The standard InChI is InChI=1S/C46H92NO8P/c1-3-5-7-9-11-13-15-16-17-18-19-20-21-22-23-24-25-26-27-28-29-31-33-35-37-39-46(49)55-44(43-54-56(50,51)53-41-40-47)42-52-45(48)38-36-34-32-30-14-12-10-8-6-4-2/h44H,3-43,47H2,1-2H3,(H,50,51). The molecule has 56 heavy (non-hydrogen) atoms. The molecule has 10 heteroatoms. The Morgan fingerprint density at radius 3 is 1.09 bits per heavy atom. The van der Waals surface area contributed by atoms with Gasteiger partial charge in [-0.25, -0.2) is 4.57 Å². The van der Waals surface area contributed by atoms with E-state index in [0.29, 0.717) is 6.42 Å². The average molecular weight is 818 g/mol. The number of unbranched alkanes of at least 4 members (excludes halogenated alkanes) is 33. The van der Waals surface area contributed by atoms with Crippen molar-refractivity contribution in [2.45, 2.75) is 258 Å². The smallest absolute Gasteiger partial charge is 0.462 e. The summed E-state index contributed by atoms with van der Waals surface area (Å²) in [6.07, 6.45) is 44.4. The monoisotopic (exact) mass is 818 g/mol. The third-order valence-electron chi connectivity index (χ3n) is 10.7. The van der Waals surface area contributed by atoms with Crippen molar-refractivity contribution >= 4 is 19.8 Å². The van der Waals surface area contributed by atoms with E-state index in [-0.39, 0.29) is 38.6 Å². The lowest BCUT2D eigenvalue weighted by molar-refractivity contribution is -0.161. The molecule has 0 radical (unpaired) electrons. The molecular formula is C46H92NO8P. The van der Waals surface area contributed by atoms with Gasteiger partial charge in [0, 0.05) is 19.4 Å². The Kier molecular flexibility index (Phi) is 42.8. The fourth-order valence-corrected chi connectivity index (χ4v) is 7.93. The molecule has 0 bridgehead atoms. The number of rotatable bonds is 46. The normalized spacial score (nSPS) is 13.1. The highest BCUT2D eigenvalue weighted by Crippen LogP contribution is 2.43. The average Bonchev–Trinajstić information content (AvgIpc) is 3.18. The van der Waals surface area contributed by atoms with Gasteiger partial charge >= 0.3 is 19.8 Å². The van der Waals surface area contributed by atoms with Crippen LogP contribution < -0.4 is 5.73 Å². The van der Waals surface area contributed by atoms with Crippen LogP contribution in [0.2, 0.25) is 0 Å². The number of phosphoric acid groups is 1. The van der Waals surface area contributed by atoms with Crippen LogP contribution in [0.3, 0.4) is 0 Å². The van der Waals surface area contributed by atoms with Gasteiger partial charge in [-0.3, -0.25) is 18.6 Å². The van der Waals surface area contributed by atoms with E-state index in [9.17, 15) is 19.0 Å². The van der Waals surface area contributed by atoms with Crippen LogP contribution in [0.25, 0.3) is 0 Å². The van der Waals surface area contributed by atoms with Crippen molar-refractivity contribution < 1.29 is 37.6 Å². The van der Waals surface area contributed by atoms with E-state index in [4.69, 9.17) is 24.3 Å². The predicted octanol–water partition coefficient (Wildman–Crippen LogP) is 14.0. The molecule has 0 saturated carbocycles. The van der Waals surface area contributed by atoms with E-state index >= 15 is 0 Å². The number of phosphoric ester groups is 1. The molecule has 2 atom stereocenters. The fourth-order valence-electron chi connectivity index (χ4n) is 7.17. The summed E-state index contributed by atoms with van der Waals surface area (Å²) in [6, 6.07) is 0. The third kappa shape index (κ3) is 42.6. The minimum atomic E-state index is -4.37. The molecule has 0 fully saturated rings. The highest BCUT2D eigenvalue weighted by atomic mass is 31.2. The molecule has 0 aliphatic rings. The summed E-state index contributed by atoms with van der Waals surface area (Å²) in [4.78, 5) is 34.8. The summed E-state index contributed by atoms with van der Waals surface area (Å²) < 4.78 is 32.8. The summed E-state index contributed by atoms with van der Waals surface area (Å²) in [5.74, 6) is -0.813. The number of carbonyl (C=O) groups is 2. The van der Waals surface area contributed by atoms with Crippen molar-refractivity contribution in [3.63, 3.8) is 0 Å². The fraction of sp³-hybridized carbons (Fsp3) is 0.957. The van der Waals surface area contributed by atoms with Crippen molar-refractivity contribution in [2.24, 2.45) is 5.73 Å². The van der Waals surface area contributed by atoms with Gasteiger partial charge in [-0.2, -0.15) is 0 Å². The Morgan fingerprint density at radius 2 is 0.768 bits per heavy atom. The molecule has 9 nitrogen and oxygen atoms in total. The Morgan fingerprint density at radius 1 is 0.464 bits per heavy atom. The zero-order valence-corrected chi connectivity index (χ0v) is 37.8. The molecule has 2 unspecified atom stereocenters. The van der Waals surface area contributed by atoms with Gasteiger partial charge in [0.1, 0.15) is 6.61 Å². The first-order valence-electron chi connectivity index (χ1n) is 24.0. The van der Waals surface area contributed by atoms with Crippen LogP contribution >= 0.6 is 7.82 Å². The lowest BCUT2D eigenvalue weighted by Crippen LogP contribution is -2.29. The highest BCUT2D eigenvalue weighted by molar-refractivity contribution is 7.47. The predicted molar refractivity (Wildman–Crippen MR) is 234 cm³/mol. The summed E-state index contributed by atoms with van der Waals surface area (Å²) in [6.45, 7) is 3.77. The van der Waals surface area contributed by atoms with Crippen LogP contribution in [-0.2, 0) is 32.7 Å². The second-order valence-electron chi connectivity index (χ2n) is 16.3. The lowest BCUT2D eigenvalue weighted by atomic mass is 10.0. The van der Waals surface area contributed by atoms with Gasteiger partial charge in [0.15, 0.2) is 6.10 Å². The molecular weight excluding hydrogens is 725 g/mol. The maximum atomic E-state index is 12.6. The first kappa shape index (κ1) is 55.0. The second kappa shape index (κ2) is 43.6. The molecule has 0 rings (SSSR count). The molecule has 0 saturated heterocycles. The van der Waals surface area contributed by atoms with E-state index in [1.165, 1.54) is 186 Å². The summed E-state index contributed by atoms with van der Waals surface area (Å²) in [5.41, 5.74) is 5.35. The van der Waals surface area contributed by atoms with Gasteiger partial charge in [0.2, 0.25) is 0 Å². The van der Waals surface area contributed by atoms with Gasteiger partial charge in [-0.15, -0.1) is 0 Å². The highest BCUT2D eigenvalue weighted by Gasteiger charge is 2.26. The van der Waals surface area contributed by atoms with Crippen LogP contribution in [-0.4, -0.2) is 49.3 Å². The molecule has 0 aromatic rings. The Hall–Kier alpha value is -0.990. The molecule has 334 valence electrons. The van der Waals surface area contributed by atoms with Crippen molar-refractivity contribution in [3.8, 4) is 0 Å². The van der Waals surface area contributed by atoms with Crippen molar-refractivity contribution in [3.05, 3.63) is 0 Å². The van der Waals surface area contributed by atoms with Crippen LogP contribution in [0.1, 0.15) is 251 Å². The molecule has 0 aliphatic carbocycles. The van der Waals surface area contributed by atoms with Crippen LogP contribution in [0.15, 0.2) is 0 Å². The molecule has 0 aliphatic heterocycles. The van der Waals surface area contributed by atoms with Crippen LogP contribution in [0.5, 0.6) is 0 Å². The van der Waals surface area contributed by atoms with Crippen LogP contribution in [0.4, 0.5) is 0 Å². The van der Waals surface area contributed by atoms with E-state index in [2.05, 4.69) is 13.8 Å². The quantitative estimate of drug-likeness (QED) is 0.0350. The molecule has 0 amide bonds. The molecule has 0 heterocycles. The number of nitrogens with two attached hydrogens (primary N) is 1. The first-order valence-corrected chi connectivity index (χ1v) is 25.5. The topological polar surface area (TPSA) is 134 Å². The van der Waals surface area contributed by atoms with Gasteiger partial charge in [-0.1, -0.05) is 226 Å². The molecule has 0 aromatic carbocycles. The van der Waals surface area contributed by atoms with Crippen molar-refractivity contribution in [2.75, 3.05) is 26.4 Å². The summed E-state index contributed by atoms with van der Waals surface area (Å²) in [7, 11) is -4.37. The Labute approximate surface area is 346 Å². The van der Waals surface area contributed by atoms with Crippen LogP contribution in [0, 0.1) is 0 Å². The maximum absolute atomic E-state index is 12.6. The minimum absolute atomic E-state index is 0.0580. The number of hydrogen-bond acceptors (Lipinski definition) is 8. The minimum Gasteiger partial charge on any atom is -0.462 e. The first-order chi connectivity index (χ1) is 27.3. The van der Waals surface area contributed by atoms with Gasteiger partial charge in [-0.05, 0) is 12.8 Å². The van der Waals surface area contributed by atoms with Crippen molar-refractivity contribution in [1.29, 1.82) is 0 Å². The largest absolute Gasteiger partial charge is 0.472 e. The summed E-state index contributed by atoms with van der Waals surface area (Å²) in [5, 5.41) is 0. The van der Waals surface area contributed by atoms with E-state index < -0.39 is 26.5 Å². The van der Waals surface area contributed by atoms with Gasteiger partial charge in [0.25, 0.3) is 0 Å². The van der Waals surface area contributed by atoms with Gasteiger partial charge < -0.3 is 20.1 Å². The summed E-state index contributed by atoms with van der Waals surface area (Å²) >= 11 is 0. The molecule has 3 N–H and O–H groups in total. The van der Waals surface area contributed by atoms with Crippen molar-refractivity contribution in [1.82, 2.24) is 0 Å². The molecule has 0 aromatic heterocycles. The zero-order valence-electron chi connectivity index (χ0n) is 36.9. The number of carbonyl (C=O) groups excluding carboxylic acids is 2. The SMILES string of the molecule is CCCCCCCCCCCCCCCCCCCCCCCCCCCC(=O)OC(COC(=O)CCCCCCCCCCCC)COP(=O)(O)OCCN. The molecule has 0 spiro atoms. The third-order valence-corrected chi connectivity index (χ3v) is 11.7. The Balaban J connectivity index is 3.91. The van der Waals surface area contributed by atoms with E-state index in [1.54, 1.807) is 0 Å². The number of ether oxygens (including phenoxy) is 2. The van der Waals surface area contributed by atoms with E-state index in [1.807, 2.05) is 0 Å². The van der Waals surface area contributed by atoms with E-state index in [0.717, 1.165) is 32.1 Å². The zero-order chi connectivity index (χ0) is 41.1. The van der Waals surface area contributed by atoms with Gasteiger partial charge in [0.05, 0.1) is 13.2 Å². The second-order valence-corrected chi connectivity index (χ2v) is 17.8. The maximum Gasteiger partial charge on any atom is 0.472 e. The Bertz CT molecular complexity index is 891. The lowest BCUT2D eigenvalue weighted by Gasteiger charge is -2.19. The number of esters is 2. The number of hydrogen-bond donors (Lipinski definition) is 2.